The number of allylic oxidation sites excluding steroid dienone is 2. The van der Waals surface area contributed by atoms with Crippen LogP contribution in [0.2, 0.25) is 0 Å². The highest BCUT2D eigenvalue weighted by Crippen LogP contribution is 2.41. The van der Waals surface area contributed by atoms with E-state index in [-0.39, 0.29) is 0 Å². The van der Waals surface area contributed by atoms with Crippen LogP contribution in [0.25, 0.3) is 0 Å². The first-order valence-corrected chi connectivity index (χ1v) is 5.29. The zero-order valence-corrected chi connectivity index (χ0v) is 9.23. The Morgan fingerprint density at radius 2 is 1.44 bits per heavy atom. The van der Waals surface area contributed by atoms with Crippen LogP contribution in [0.4, 0.5) is 0 Å². The Balaban J connectivity index is 2.35. The molecule has 0 bridgehead atoms. The topological polar surface area (TPSA) is 77.3 Å². The zero-order chi connectivity index (χ0) is 12.0. The van der Waals surface area contributed by atoms with Crippen LogP contribution >= 0.6 is 0 Å². The van der Waals surface area contributed by atoms with Gasteiger partial charge in [0.2, 0.25) is 11.6 Å². The lowest BCUT2D eigenvalue weighted by molar-refractivity contribution is -0.492. The summed E-state index contributed by atoms with van der Waals surface area (Å²) in [6.45, 7) is 3.84. The summed E-state index contributed by atoms with van der Waals surface area (Å²) in [5.74, 6) is -1.89. The summed E-state index contributed by atoms with van der Waals surface area (Å²) >= 11 is 0. The Bertz CT molecular complexity index is 392. The fourth-order valence-corrected chi connectivity index (χ4v) is 2.64. The molecule has 0 aromatic carbocycles. The highest BCUT2D eigenvalue weighted by Gasteiger charge is 2.56. The average molecular weight is 223 g/mol. The second-order valence-electron chi connectivity index (χ2n) is 4.67. The molecule has 2 atom stereocenters. The third-order valence-corrected chi connectivity index (χ3v) is 3.75. The van der Waals surface area contributed by atoms with Crippen molar-refractivity contribution in [2.45, 2.75) is 32.7 Å². The van der Waals surface area contributed by atoms with E-state index >= 15 is 0 Å². The molecular formula is C11H13NO4. The lowest BCUT2D eigenvalue weighted by atomic mass is 9.78. The van der Waals surface area contributed by atoms with Crippen LogP contribution in [0.15, 0.2) is 11.1 Å². The van der Waals surface area contributed by atoms with E-state index in [2.05, 4.69) is 0 Å². The van der Waals surface area contributed by atoms with Crippen LogP contribution < -0.4 is 0 Å². The van der Waals surface area contributed by atoms with Crippen LogP contribution in [0.5, 0.6) is 0 Å². The Morgan fingerprint density at radius 1 is 1.06 bits per heavy atom. The van der Waals surface area contributed by atoms with Crippen molar-refractivity contribution >= 4 is 11.6 Å². The van der Waals surface area contributed by atoms with Crippen LogP contribution in [-0.4, -0.2) is 22.5 Å². The maximum absolute atomic E-state index is 11.8. The minimum atomic E-state index is -1.60. The van der Waals surface area contributed by atoms with Crippen LogP contribution in [0.3, 0.4) is 0 Å². The number of Topliss-reactive ketones (excluding diaryl/α,β-unsaturated/α-hetero) is 2. The van der Waals surface area contributed by atoms with Crippen molar-refractivity contribution < 1.29 is 14.5 Å². The van der Waals surface area contributed by atoms with Gasteiger partial charge >= 0.3 is 6.04 Å². The van der Waals surface area contributed by atoms with E-state index in [1.165, 1.54) is 0 Å². The molecule has 1 fully saturated rings. The first kappa shape index (κ1) is 11.0. The van der Waals surface area contributed by atoms with E-state index in [9.17, 15) is 19.7 Å². The molecule has 5 heteroatoms. The van der Waals surface area contributed by atoms with Crippen molar-refractivity contribution in [3.8, 4) is 0 Å². The van der Waals surface area contributed by atoms with E-state index < -0.39 is 34.4 Å². The number of carbonyl (C=O) groups excluding carboxylic acids is 2. The molecule has 0 amide bonds. The monoisotopic (exact) mass is 223 g/mol. The van der Waals surface area contributed by atoms with Crippen molar-refractivity contribution in [2.75, 3.05) is 0 Å². The van der Waals surface area contributed by atoms with Gasteiger partial charge in [0.05, 0.1) is 0 Å². The second-order valence-corrected chi connectivity index (χ2v) is 4.67. The fraction of sp³-hybridized carbons (Fsp3) is 0.636. The highest BCUT2D eigenvalue weighted by atomic mass is 16.6. The average Bonchev–Trinajstić information content (AvgIpc) is 2.41. The third-order valence-electron chi connectivity index (χ3n) is 3.75. The molecule has 1 saturated carbocycles. The first-order valence-electron chi connectivity index (χ1n) is 5.29. The molecule has 0 radical (unpaired) electrons. The molecule has 2 unspecified atom stereocenters. The predicted molar refractivity (Wildman–Crippen MR) is 55.4 cm³/mol. The Kier molecular flexibility index (Phi) is 2.40. The van der Waals surface area contributed by atoms with E-state index in [1.54, 1.807) is 0 Å². The number of hydrogen-bond acceptors (Lipinski definition) is 4. The summed E-state index contributed by atoms with van der Waals surface area (Å²) in [7, 11) is 0. The smallest absolute Gasteiger partial charge is 0.291 e. The number of carbonyl (C=O) groups is 2. The molecule has 0 N–H and O–H groups in total. The predicted octanol–water partition coefficient (Wildman–Crippen LogP) is 1.15. The van der Waals surface area contributed by atoms with Gasteiger partial charge in [-0.05, 0) is 26.7 Å². The molecule has 2 rings (SSSR count). The summed E-state index contributed by atoms with van der Waals surface area (Å²) in [6.07, 6.45) is 1.01. The third kappa shape index (κ3) is 1.38. The molecule has 0 heterocycles. The van der Waals surface area contributed by atoms with Crippen LogP contribution in [0.1, 0.15) is 26.7 Å². The molecule has 2 aliphatic carbocycles. The Hall–Kier alpha value is -1.52. The van der Waals surface area contributed by atoms with Gasteiger partial charge in [0, 0.05) is 16.8 Å². The zero-order valence-electron chi connectivity index (χ0n) is 9.23. The summed E-state index contributed by atoms with van der Waals surface area (Å²) in [4.78, 5) is 33.5. The van der Waals surface area contributed by atoms with Gasteiger partial charge in [-0.15, -0.1) is 0 Å². The molecule has 0 saturated heterocycles. The van der Waals surface area contributed by atoms with Gasteiger partial charge in [-0.1, -0.05) is 11.1 Å². The lowest BCUT2D eigenvalue weighted by Gasteiger charge is -2.24. The Morgan fingerprint density at radius 3 is 1.75 bits per heavy atom. The molecule has 0 aromatic rings. The van der Waals surface area contributed by atoms with Crippen molar-refractivity contribution in [1.29, 1.82) is 0 Å². The molecule has 0 spiro atoms. The number of fused-ring (bicyclic) bond motifs is 1. The molecular weight excluding hydrogens is 210 g/mol. The largest absolute Gasteiger partial charge is 0.328 e. The maximum Gasteiger partial charge on any atom is 0.328 e. The van der Waals surface area contributed by atoms with Crippen molar-refractivity contribution in [3.63, 3.8) is 0 Å². The van der Waals surface area contributed by atoms with Crippen molar-refractivity contribution in [1.82, 2.24) is 0 Å². The molecule has 2 aliphatic rings. The number of rotatable bonds is 1. The molecule has 5 nitrogen and oxygen atoms in total. The number of ketones is 2. The van der Waals surface area contributed by atoms with Crippen molar-refractivity contribution in [2.24, 2.45) is 11.8 Å². The van der Waals surface area contributed by atoms with Gasteiger partial charge in [-0.25, -0.2) is 0 Å². The second kappa shape index (κ2) is 3.50. The van der Waals surface area contributed by atoms with Crippen molar-refractivity contribution in [3.05, 3.63) is 21.3 Å². The number of nitro groups is 1. The molecule has 0 aromatic heterocycles. The minimum absolute atomic E-state index is 0.452. The summed E-state index contributed by atoms with van der Waals surface area (Å²) < 4.78 is 0. The number of nitrogens with zero attached hydrogens (tertiary/aromatic N) is 1. The van der Waals surface area contributed by atoms with Gasteiger partial charge in [0.1, 0.15) is 0 Å². The van der Waals surface area contributed by atoms with Gasteiger partial charge in [-0.2, -0.15) is 0 Å². The Labute approximate surface area is 92.7 Å². The highest BCUT2D eigenvalue weighted by molar-refractivity contribution is 6.14. The van der Waals surface area contributed by atoms with E-state index in [0.29, 0.717) is 12.8 Å². The summed E-state index contributed by atoms with van der Waals surface area (Å²) in [5.41, 5.74) is 2.18. The van der Waals surface area contributed by atoms with E-state index in [1.807, 2.05) is 13.8 Å². The minimum Gasteiger partial charge on any atom is -0.291 e. The number of hydrogen-bond donors (Lipinski definition) is 0. The molecule has 0 aliphatic heterocycles. The lowest BCUT2D eigenvalue weighted by Crippen LogP contribution is -2.32. The SMILES string of the molecule is CC1=C(C)CC2C(=O)C([N+](=O)[O-])C(=O)C2C1. The summed E-state index contributed by atoms with van der Waals surface area (Å²) in [5, 5.41) is 10.7. The standard InChI is InChI=1S/C11H13NO4/c1-5-3-7-8(4-6(5)2)11(14)9(10(7)13)12(15)16/h7-9H,3-4H2,1-2H3. The van der Waals surface area contributed by atoms with Crippen LogP contribution in [0, 0.1) is 22.0 Å². The normalized spacial score (nSPS) is 34.2. The van der Waals surface area contributed by atoms with E-state index in [4.69, 9.17) is 0 Å². The molecule has 86 valence electrons. The quantitative estimate of drug-likeness (QED) is 0.289. The van der Waals surface area contributed by atoms with E-state index in [0.717, 1.165) is 11.1 Å². The van der Waals surface area contributed by atoms with Gasteiger partial charge in [0.15, 0.2) is 0 Å². The van der Waals surface area contributed by atoms with Gasteiger partial charge in [-0.3, -0.25) is 19.7 Å². The van der Waals surface area contributed by atoms with Gasteiger partial charge < -0.3 is 0 Å². The van der Waals surface area contributed by atoms with Crippen LogP contribution in [-0.2, 0) is 9.59 Å². The first-order chi connectivity index (χ1) is 7.43. The fourth-order valence-electron chi connectivity index (χ4n) is 2.64. The van der Waals surface area contributed by atoms with Gasteiger partial charge in [0.25, 0.3) is 0 Å². The molecule has 16 heavy (non-hydrogen) atoms. The summed E-state index contributed by atoms with van der Waals surface area (Å²) in [6, 6.07) is -1.60. The maximum atomic E-state index is 11.8.